The fraction of sp³-hybridized carbons (Fsp3) is 0.350. The minimum atomic E-state index is 0. The molecule has 0 atom stereocenters. The molecule has 0 bridgehead atoms. The molecule has 0 saturated carbocycles. The molecule has 7 heteroatoms. The Kier molecular flexibility index (Phi) is 10.4. The largest absolute Gasteiger partial charge is 0.504 e. The van der Waals surface area contributed by atoms with Crippen LogP contribution >= 0.6 is 35.7 Å². The van der Waals surface area contributed by atoms with Crippen LogP contribution in [0.4, 0.5) is 0 Å². The molecule has 0 aliphatic rings. The average molecular weight is 501 g/mol. The first-order valence-electron chi connectivity index (χ1n) is 8.59. The number of halogens is 1. The number of hydrogen-bond acceptors (Lipinski definition) is 4. The number of rotatable bonds is 7. The molecule has 0 aromatic heterocycles. The summed E-state index contributed by atoms with van der Waals surface area (Å²) >= 11 is 1.73. The van der Waals surface area contributed by atoms with E-state index in [0.717, 1.165) is 12.1 Å². The van der Waals surface area contributed by atoms with E-state index >= 15 is 0 Å². The van der Waals surface area contributed by atoms with Crippen molar-refractivity contribution in [3.8, 4) is 11.5 Å². The van der Waals surface area contributed by atoms with Crippen molar-refractivity contribution in [3.63, 3.8) is 0 Å². The summed E-state index contributed by atoms with van der Waals surface area (Å²) in [5.74, 6) is 1.33. The number of guanidine groups is 1. The van der Waals surface area contributed by atoms with Crippen molar-refractivity contribution in [1.29, 1.82) is 0 Å². The van der Waals surface area contributed by atoms with E-state index < -0.39 is 0 Å². The number of nitrogens with zero attached hydrogens (tertiary/aromatic N) is 1. The number of thioether (sulfide) groups is 1. The van der Waals surface area contributed by atoms with Gasteiger partial charge in [-0.05, 0) is 43.4 Å². The van der Waals surface area contributed by atoms with Crippen LogP contribution in [0.5, 0.6) is 11.5 Å². The van der Waals surface area contributed by atoms with Crippen molar-refractivity contribution in [1.82, 2.24) is 10.6 Å². The number of ether oxygens (including phenoxy) is 1. The highest BCUT2D eigenvalue weighted by Crippen LogP contribution is 2.29. The predicted molar refractivity (Wildman–Crippen MR) is 125 cm³/mol. The SMILES string of the molecule is CCNC(=NCc1ccc(C)cc1SC)NCc1cccc(OC)c1O.I. The lowest BCUT2D eigenvalue weighted by Crippen LogP contribution is -2.36. The second-order valence-electron chi connectivity index (χ2n) is 5.83. The van der Waals surface area contributed by atoms with Gasteiger partial charge in [-0.3, -0.25) is 0 Å². The second-order valence-corrected chi connectivity index (χ2v) is 6.68. The number of benzene rings is 2. The number of aliphatic imine (C=N–C) groups is 1. The fourth-order valence-corrected chi connectivity index (χ4v) is 3.24. The Hall–Kier alpha value is -1.61. The maximum atomic E-state index is 10.2. The van der Waals surface area contributed by atoms with Gasteiger partial charge in [-0.15, -0.1) is 35.7 Å². The van der Waals surface area contributed by atoms with Gasteiger partial charge < -0.3 is 20.5 Å². The molecule has 0 unspecified atom stereocenters. The van der Waals surface area contributed by atoms with Crippen molar-refractivity contribution < 1.29 is 9.84 Å². The highest BCUT2D eigenvalue weighted by atomic mass is 127. The van der Waals surface area contributed by atoms with Gasteiger partial charge in [-0.25, -0.2) is 4.99 Å². The van der Waals surface area contributed by atoms with Gasteiger partial charge in [-0.2, -0.15) is 0 Å². The van der Waals surface area contributed by atoms with E-state index in [0.29, 0.717) is 24.8 Å². The molecule has 0 spiro atoms. The van der Waals surface area contributed by atoms with Crippen molar-refractivity contribution in [2.45, 2.75) is 31.8 Å². The maximum absolute atomic E-state index is 10.2. The molecule has 0 aliphatic carbocycles. The van der Waals surface area contributed by atoms with Crippen molar-refractivity contribution in [3.05, 3.63) is 53.1 Å². The van der Waals surface area contributed by atoms with Crippen LogP contribution in [0.25, 0.3) is 0 Å². The lowest BCUT2D eigenvalue weighted by molar-refractivity contribution is 0.370. The number of methoxy groups -OCH3 is 1. The highest BCUT2D eigenvalue weighted by molar-refractivity contribution is 14.0. The lowest BCUT2D eigenvalue weighted by Gasteiger charge is -2.14. The van der Waals surface area contributed by atoms with E-state index in [-0.39, 0.29) is 29.7 Å². The van der Waals surface area contributed by atoms with Gasteiger partial charge in [0.2, 0.25) is 0 Å². The van der Waals surface area contributed by atoms with Gasteiger partial charge in [-0.1, -0.05) is 24.3 Å². The van der Waals surface area contributed by atoms with E-state index in [1.54, 1.807) is 24.9 Å². The lowest BCUT2D eigenvalue weighted by atomic mass is 10.1. The topological polar surface area (TPSA) is 65.9 Å². The van der Waals surface area contributed by atoms with E-state index in [2.05, 4.69) is 47.0 Å². The zero-order valence-corrected chi connectivity index (χ0v) is 19.4. The summed E-state index contributed by atoms with van der Waals surface area (Å²) in [6.07, 6.45) is 2.08. The van der Waals surface area contributed by atoms with E-state index in [1.165, 1.54) is 16.0 Å². The van der Waals surface area contributed by atoms with Gasteiger partial charge in [0.15, 0.2) is 17.5 Å². The number of aryl methyl sites for hydroxylation is 1. The zero-order valence-electron chi connectivity index (χ0n) is 16.2. The van der Waals surface area contributed by atoms with Crippen molar-refractivity contribution in [2.75, 3.05) is 19.9 Å². The van der Waals surface area contributed by atoms with Gasteiger partial charge in [0.05, 0.1) is 13.7 Å². The molecule has 0 radical (unpaired) electrons. The fourth-order valence-electron chi connectivity index (χ4n) is 2.54. The van der Waals surface area contributed by atoms with Gasteiger partial charge in [0, 0.05) is 23.5 Å². The van der Waals surface area contributed by atoms with Crippen LogP contribution in [-0.2, 0) is 13.1 Å². The van der Waals surface area contributed by atoms with Crippen LogP contribution in [0, 0.1) is 6.92 Å². The normalized spacial score (nSPS) is 10.9. The molecular weight excluding hydrogens is 473 g/mol. The first kappa shape index (κ1) is 23.4. The summed E-state index contributed by atoms with van der Waals surface area (Å²) < 4.78 is 5.15. The number of nitrogens with one attached hydrogen (secondary N) is 2. The van der Waals surface area contributed by atoms with E-state index in [9.17, 15) is 5.11 Å². The van der Waals surface area contributed by atoms with Crippen LogP contribution in [0.1, 0.15) is 23.6 Å². The number of hydrogen-bond donors (Lipinski definition) is 3. The van der Waals surface area contributed by atoms with Crippen LogP contribution in [0.15, 0.2) is 46.3 Å². The molecule has 0 aliphatic heterocycles. The number of phenolic OH excluding ortho intramolecular Hbond substituents is 1. The Balaban J connectivity index is 0.00000364. The Morgan fingerprint density at radius 2 is 1.96 bits per heavy atom. The van der Waals surface area contributed by atoms with Gasteiger partial charge in [0.1, 0.15) is 0 Å². The first-order valence-corrected chi connectivity index (χ1v) is 9.82. The molecule has 5 nitrogen and oxygen atoms in total. The quantitative estimate of drug-likeness (QED) is 0.229. The summed E-state index contributed by atoms with van der Waals surface area (Å²) in [4.78, 5) is 5.92. The first-order chi connectivity index (χ1) is 12.6. The molecule has 0 amide bonds. The molecule has 2 rings (SSSR count). The van der Waals surface area contributed by atoms with Gasteiger partial charge in [0.25, 0.3) is 0 Å². The molecule has 0 heterocycles. The molecule has 148 valence electrons. The van der Waals surface area contributed by atoms with Crippen molar-refractivity contribution in [2.24, 2.45) is 4.99 Å². The van der Waals surface area contributed by atoms with Gasteiger partial charge >= 0.3 is 0 Å². The molecule has 0 saturated heterocycles. The number of phenols is 1. The minimum Gasteiger partial charge on any atom is -0.504 e. The number of para-hydroxylation sites is 1. The van der Waals surface area contributed by atoms with Crippen LogP contribution in [-0.4, -0.2) is 31.0 Å². The molecule has 3 N–H and O–H groups in total. The van der Waals surface area contributed by atoms with Crippen molar-refractivity contribution >= 4 is 41.7 Å². The molecule has 27 heavy (non-hydrogen) atoms. The Labute approximate surface area is 183 Å². The molecule has 2 aromatic rings. The van der Waals surface area contributed by atoms with Crippen LogP contribution < -0.4 is 15.4 Å². The zero-order chi connectivity index (χ0) is 18.9. The molecular formula is C20H28IN3O2S. The van der Waals surface area contributed by atoms with E-state index in [4.69, 9.17) is 4.74 Å². The Morgan fingerprint density at radius 3 is 2.63 bits per heavy atom. The third kappa shape index (κ3) is 6.80. The maximum Gasteiger partial charge on any atom is 0.191 e. The molecule has 2 aromatic carbocycles. The summed E-state index contributed by atoms with van der Waals surface area (Å²) in [5, 5.41) is 16.7. The minimum absolute atomic E-state index is 0. The van der Waals surface area contributed by atoms with E-state index in [1.807, 2.05) is 19.1 Å². The number of aromatic hydroxyl groups is 1. The summed E-state index contributed by atoms with van der Waals surface area (Å²) in [7, 11) is 1.54. The molecule has 0 fully saturated rings. The standard InChI is InChI=1S/C20H27N3O2S.HI/c1-5-21-20(22-12-15-10-9-14(2)11-18(15)26-4)23-13-16-7-6-8-17(25-3)19(16)24;/h6-11,24H,5,12-13H2,1-4H3,(H2,21,22,23);1H. The summed E-state index contributed by atoms with van der Waals surface area (Å²) in [5.41, 5.74) is 3.21. The predicted octanol–water partition coefficient (Wildman–Crippen LogP) is 4.30. The third-order valence-corrected chi connectivity index (χ3v) is 4.76. The summed E-state index contributed by atoms with van der Waals surface area (Å²) in [6, 6.07) is 11.9. The van der Waals surface area contributed by atoms with Crippen LogP contribution in [0.3, 0.4) is 0 Å². The Morgan fingerprint density at radius 1 is 1.19 bits per heavy atom. The Bertz CT molecular complexity index is 769. The third-order valence-electron chi connectivity index (χ3n) is 3.94. The highest BCUT2D eigenvalue weighted by Gasteiger charge is 2.08. The summed E-state index contributed by atoms with van der Waals surface area (Å²) in [6.45, 7) is 5.94. The second kappa shape index (κ2) is 12.0. The average Bonchev–Trinajstić information content (AvgIpc) is 2.65. The van der Waals surface area contributed by atoms with Crippen LogP contribution in [0.2, 0.25) is 0 Å². The smallest absolute Gasteiger partial charge is 0.191 e. The monoisotopic (exact) mass is 501 g/mol.